The third-order valence-corrected chi connectivity index (χ3v) is 5.68. The second-order valence-corrected chi connectivity index (χ2v) is 7.30. The quantitative estimate of drug-likeness (QED) is 0.808. The van der Waals surface area contributed by atoms with Gasteiger partial charge in [0.05, 0.1) is 0 Å². The van der Waals surface area contributed by atoms with Crippen molar-refractivity contribution in [3.63, 3.8) is 0 Å². The van der Waals surface area contributed by atoms with Gasteiger partial charge in [0, 0.05) is 31.6 Å². The highest BCUT2D eigenvalue weighted by Crippen LogP contribution is 2.22. The van der Waals surface area contributed by atoms with Crippen molar-refractivity contribution in [2.45, 2.75) is 38.1 Å². The molecule has 5 nitrogen and oxygen atoms in total. The molecule has 0 aliphatic carbocycles. The van der Waals surface area contributed by atoms with E-state index in [0.29, 0.717) is 11.9 Å². The summed E-state index contributed by atoms with van der Waals surface area (Å²) in [6.45, 7) is 8.62. The highest BCUT2D eigenvalue weighted by molar-refractivity contribution is 5.85. The number of hydrogen-bond donors (Lipinski definition) is 1. The zero-order valence-electron chi connectivity index (χ0n) is 14.5. The average molecular weight is 345 g/mol. The lowest BCUT2D eigenvalue weighted by Gasteiger charge is -2.36. The molecule has 3 aliphatic heterocycles. The van der Waals surface area contributed by atoms with Crippen molar-refractivity contribution in [1.29, 1.82) is 0 Å². The third kappa shape index (κ3) is 5.05. The molecule has 0 aromatic carbocycles. The fraction of sp³-hybridized carbons (Fsp3) is 0.941. The van der Waals surface area contributed by atoms with E-state index in [1.54, 1.807) is 0 Å². The highest BCUT2D eigenvalue weighted by Gasteiger charge is 2.32. The lowest BCUT2D eigenvalue weighted by atomic mass is 9.94. The van der Waals surface area contributed by atoms with Crippen LogP contribution in [0.2, 0.25) is 0 Å². The van der Waals surface area contributed by atoms with Crippen LogP contribution in [0.1, 0.15) is 32.1 Å². The van der Waals surface area contributed by atoms with Crippen LogP contribution in [0, 0.1) is 5.92 Å². The Labute approximate surface area is 147 Å². The fourth-order valence-electron chi connectivity index (χ4n) is 4.12. The van der Waals surface area contributed by atoms with Crippen LogP contribution in [0.5, 0.6) is 0 Å². The van der Waals surface area contributed by atoms with E-state index in [2.05, 4.69) is 27.1 Å². The van der Waals surface area contributed by atoms with Gasteiger partial charge in [-0.05, 0) is 71.9 Å². The van der Waals surface area contributed by atoms with Crippen molar-refractivity contribution in [2.24, 2.45) is 5.92 Å². The van der Waals surface area contributed by atoms with Gasteiger partial charge in [0.2, 0.25) is 5.91 Å². The summed E-state index contributed by atoms with van der Waals surface area (Å²) in [6, 6.07) is 0.426. The molecule has 1 unspecified atom stereocenters. The first-order chi connectivity index (χ1) is 10.7. The Balaban J connectivity index is 0.00000192. The van der Waals surface area contributed by atoms with Crippen LogP contribution in [0.25, 0.3) is 0 Å². The van der Waals surface area contributed by atoms with Gasteiger partial charge in [0.15, 0.2) is 0 Å². The van der Waals surface area contributed by atoms with Crippen molar-refractivity contribution in [1.82, 2.24) is 20.0 Å². The molecule has 0 saturated carbocycles. The van der Waals surface area contributed by atoms with Gasteiger partial charge in [-0.15, -0.1) is 12.4 Å². The van der Waals surface area contributed by atoms with Crippen LogP contribution in [0.4, 0.5) is 0 Å². The van der Waals surface area contributed by atoms with Gasteiger partial charge in [-0.1, -0.05) is 0 Å². The van der Waals surface area contributed by atoms with Crippen LogP contribution in [0.15, 0.2) is 0 Å². The summed E-state index contributed by atoms with van der Waals surface area (Å²) >= 11 is 0. The number of carbonyl (C=O) groups excluding carboxylic acids is 1. The summed E-state index contributed by atoms with van der Waals surface area (Å²) in [5.41, 5.74) is 0. The molecule has 3 saturated heterocycles. The summed E-state index contributed by atoms with van der Waals surface area (Å²) in [6.07, 6.45) is 5.85. The first-order valence-electron chi connectivity index (χ1n) is 9.16. The van der Waals surface area contributed by atoms with Gasteiger partial charge in [0.1, 0.15) is 0 Å². The van der Waals surface area contributed by atoms with Gasteiger partial charge in [-0.25, -0.2) is 0 Å². The Morgan fingerprint density at radius 1 is 1.13 bits per heavy atom. The lowest BCUT2D eigenvalue weighted by Crippen LogP contribution is -2.49. The Morgan fingerprint density at radius 2 is 1.83 bits per heavy atom. The normalized spacial score (nSPS) is 27.1. The molecule has 1 amide bonds. The Morgan fingerprint density at radius 3 is 2.43 bits per heavy atom. The van der Waals surface area contributed by atoms with E-state index in [4.69, 9.17) is 0 Å². The van der Waals surface area contributed by atoms with Crippen LogP contribution < -0.4 is 5.32 Å². The molecular weight excluding hydrogens is 312 g/mol. The zero-order chi connectivity index (χ0) is 15.4. The average Bonchev–Trinajstić information content (AvgIpc) is 3.21. The van der Waals surface area contributed by atoms with Gasteiger partial charge in [-0.2, -0.15) is 0 Å². The maximum Gasteiger partial charge on any atom is 0.226 e. The third-order valence-electron chi connectivity index (χ3n) is 5.68. The number of nitrogens with one attached hydrogen (secondary N) is 1. The van der Waals surface area contributed by atoms with E-state index in [-0.39, 0.29) is 18.3 Å². The summed E-state index contributed by atoms with van der Waals surface area (Å²) < 4.78 is 0. The molecule has 0 spiro atoms. The summed E-state index contributed by atoms with van der Waals surface area (Å²) in [4.78, 5) is 20.2. The molecule has 0 aromatic heterocycles. The number of carbonyl (C=O) groups is 1. The van der Waals surface area contributed by atoms with Crippen molar-refractivity contribution in [3.8, 4) is 0 Å². The van der Waals surface area contributed by atoms with Crippen molar-refractivity contribution in [3.05, 3.63) is 0 Å². The molecule has 23 heavy (non-hydrogen) atoms. The van der Waals surface area contributed by atoms with Gasteiger partial charge >= 0.3 is 0 Å². The smallest absolute Gasteiger partial charge is 0.226 e. The molecule has 0 bridgehead atoms. The number of piperidine rings is 1. The van der Waals surface area contributed by atoms with Crippen LogP contribution in [0.3, 0.4) is 0 Å². The zero-order valence-corrected chi connectivity index (χ0v) is 15.3. The molecular formula is C17H33ClN4O. The maximum absolute atomic E-state index is 13.1. The summed E-state index contributed by atoms with van der Waals surface area (Å²) in [7, 11) is 2.16. The number of likely N-dealkylation sites (tertiary alicyclic amines) is 2. The second kappa shape index (κ2) is 9.21. The summed E-state index contributed by atoms with van der Waals surface area (Å²) in [5.74, 6) is 0.691. The van der Waals surface area contributed by atoms with Crippen molar-refractivity contribution in [2.75, 3.05) is 59.4 Å². The van der Waals surface area contributed by atoms with Crippen molar-refractivity contribution < 1.29 is 4.79 Å². The maximum atomic E-state index is 13.1. The molecule has 134 valence electrons. The standard InChI is InChI=1S/C17H32N4O.ClH/c1-19-10-5-15(6-11-19)17(22)21(16-4-7-18-14-16)13-12-20-8-2-3-9-20;/h15-16,18H,2-14H2,1H3;1H. The van der Waals surface area contributed by atoms with Gasteiger partial charge in [-0.3, -0.25) is 4.79 Å². The van der Waals surface area contributed by atoms with Gasteiger partial charge < -0.3 is 20.0 Å². The number of nitrogens with zero attached hydrogens (tertiary/aromatic N) is 3. The van der Waals surface area contributed by atoms with E-state index in [9.17, 15) is 4.79 Å². The molecule has 1 N–H and O–H groups in total. The molecule has 0 radical (unpaired) electrons. The highest BCUT2D eigenvalue weighted by atomic mass is 35.5. The minimum Gasteiger partial charge on any atom is -0.337 e. The van der Waals surface area contributed by atoms with E-state index >= 15 is 0 Å². The van der Waals surface area contributed by atoms with Crippen molar-refractivity contribution >= 4 is 18.3 Å². The predicted molar refractivity (Wildman–Crippen MR) is 96.1 cm³/mol. The number of rotatable bonds is 5. The summed E-state index contributed by atoms with van der Waals surface area (Å²) in [5, 5.41) is 3.43. The van der Waals surface area contributed by atoms with Crippen LogP contribution >= 0.6 is 12.4 Å². The molecule has 3 rings (SSSR count). The van der Waals surface area contributed by atoms with E-state index in [1.165, 1.54) is 25.9 Å². The Kier molecular flexibility index (Phi) is 7.60. The molecule has 3 aliphatic rings. The first-order valence-corrected chi connectivity index (χ1v) is 9.16. The SMILES string of the molecule is CN1CCC(C(=O)N(CCN2CCCC2)C2CCNC2)CC1.Cl. The molecule has 0 aromatic rings. The Bertz CT molecular complexity index is 362. The molecule has 1 atom stereocenters. The number of hydrogen-bond acceptors (Lipinski definition) is 4. The monoisotopic (exact) mass is 344 g/mol. The molecule has 3 heterocycles. The van der Waals surface area contributed by atoms with Gasteiger partial charge in [0.25, 0.3) is 0 Å². The van der Waals surface area contributed by atoms with E-state index in [0.717, 1.165) is 58.5 Å². The van der Waals surface area contributed by atoms with E-state index in [1.807, 2.05) is 0 Å². The van der Waals surface area contributed by atoms with Crippen LogP contribution in [-0.2, 0) is 4.79 Å². The lowest BCUT2D eigenvalue weighted by molar-refractivity contribution is -0.139. The fourth-order valence-corrected chi connectivity index (χ4v) is 4.12. The number of halogens is 1. The minimum atomic E-state index is 0. The molecule has 6 heteroatoms. The molecule has 3 fully saturated rings. The topological polar surface area (TPSA) is 38.8 Å². The largest absolute Gasteiger partial charge is 0.337 e. The minimum absolute atomic E-state index is 0. The predicted octanol–water partition coefficient (Wildman–Crippen LogP) is 1.04. The Hall–Kier alpha value is -0.360. The number of amides is 1. The first kappa shape index (κ1) is 19.0. The second-order valence-electron chi connectivity index (χ2n) is 7.30. The van der Waals surface area contributed by atoms with E-state index < -0.39 is 0 Å². The van der Waals surface area contributed by atoms with Crippen LogP contribution in [-0.4, -0.2) is 86.1 Å².